The number of aryl methyl sites for hydroxylation is 1. The highest BCUT2D eigenvalue weighted by Gasteiger charge is 2.07. The zero-order valence-electron chi connectivity index (χ0n) is 9.98. The van der Waals surface area contributed by atoms with Crippen LogP contribution in [0.4, 0.5) is 4.79 Å². The molecule has 0 unspecified atom stereocenters. The normalized spacial score (nSPS) is 9.88. The van der Waals surface area contributed by atoms with Crippen molar-refractivity contribution in [2.75, 3.05) is 20.2 Å². The van der Waals surface area contributed by atoms with E-state index in [9.17, 15) is 4.79 Å². The lowest BCUT2D eigenvalue weighted by Gasteiger charge is -2.15. The van der Waals surface area contributed by atoms with Gasteiger partial charge in [-0.3, -0.25) is 0 Å². The Morgan fingerprint density at radius 1 is 1.31 bits per heavy atom. The molecule has 88 valence electrons. The third-order valence-electron chi connectivity index (χ3n) is 2.38. The summed E-state index contributed by atoms with van der Waals surface area (Å²) in [6, 6.07) is 10.3. The number of carbonyl (C=O) groups is 1. The molecule has 16 heavy (non-hydrogen) atoms. The van der Waals surface area contributed by atoms with Crippen LogP contribution in [0.2, 0.25) is 0 Å². The number of hydrogen-bond acceptors (Lipinski definition) is 2. The summed E-state index contributed by atoms with van der Waals surface area (Å²) < 4.78 is 4.89. The maximum atomic E-state index is 11.3. The zero-order valence-corrected chi connectivity index (χ0v) is 9.98. The summed E-state index contributed by atoms with van der Waals surface area (Å²) >= 11 is 0. The van der Waals surface area contributed by atoms with E-state index in [1.807, 2.05) is 25.1 Å². The molecule has 0 heterocycles. The number of rotatable bonds is 5. The lowest BCUT2D eigenvalue weighted by atomic mass is 10.1. The molecule has 1 amide bonds. The highest BCUT2D eigenvalue weighted by atomic mass is 16.5. The summed E-state index contributed by atoms with van der Waals surface area (Å²) in [5.41, 5.74) is 1.31. The van der Waals surface area contributed by atoms with Gasteiger partial charge < -0.3 is 9.64 Å². The van der Waals surface area contributed by atoms with E-state index in [0.717, 1.165) is 19.4 Å². The maximum Gasteiger partial charge on any atom is 0.409 e. The Bertz CT molecular complexity index is 311. The first-order valence-electron chi connectivity index (χ1n) is 5.66. The van der Waals surface area contributed by atoms with Crippen LogP contribution in [0.1, 0.15) is 18.9 Å². The van der Waals surface area contributed by atoms with Crippen molar-refractivity contribution in [3.8, 4) is 0 Å². The van der Waals surface area contributed by atoms with Crippen LogP contribution < -0.4 is 0 Å². The van der Waals surface area contributed by atoms with Crippen LogP contribution in [0, 0.1) is 0 Å². The third-order valence-corrected chi connectivity index (χ3v) is 2.38. The quantitative estimate of drug-likeness (QED) is 0.765. The molecule has 0 radical (unpaired) electrons. The molecule has 3 nitrogen and oxygen atoms in total. The van der Waals surface area contributed by atoms with Gasteiger partial charge in [0, 0.05) is 13.6 Å². The van der Waals surface area contributed by atoms with Crippen molar-refractivity contribution in [2.24, 2.45) is 0 Å². The third kappa shape index (κ3) is 4.34. The largest absolute Gasteiger partial charge is 0.450 e. The SMILES string of the molecule is CCOC(=O)N(C)CCCc1ccccc1. The van der Waals surface area contributed by atoms with Crippen molar-refractivity contribution >= 4 is 6.09 Å². The molecule has 0 bridgehead atoms. The first-order valence-corrected chi connectivity index (χ1v) is 5.66. The fourth-order valence-corrected chi connectivity index (χ4v) is 1.49. The summed E-state index contributed by atoms with van der Waals surface area (Å²) in [5, 5.41) is 0. The summed E-state index contributed by atoms with van der Waals surface area (Å²) in [6.07, 6.45) is 1.71. The standard InChI is InChI=1S/C13H19NO2/c1-3-16-13(15)14(2)11-7-10-12-8-5-4-6-9-12/h4-6,8-9H,3,7,10-11H2,1-2H3. The second kappa shape index (κ2) is 6.88. The van der Waals surface area contributed by atoms with Crippen LogP contribution in [-0.4, -0.2) is 31.2 Å². The lowest BCUT2D eigenvalue weighted by molar-refractivity contribution is 0.116. The van der Waals surface area contributed by atoms with Crippen LogP contribution in [0.25, 0.3) is 0 Å². The van der Waals surface area contributed by atoms with E-state index in [0.29, 0.717) is 6.61 Å². The Balaban J connectivity index is 2.23. The molecule has 0 spiro atoms. The van der Waals surface area contributed by atoms with E-state index in [2.05, 4.69) is 12.1 Å². The minimum Gasteiger partial charge on any atom is -0.450 e. The minimum absolute atomic E-state index is 0.240. The summed E-state index contributed by atoms with van der Waals surface area (Å²) in [6.45, 7) is 2.98. The van der Waals surface area contributed by atoms with E-state index in [1.165, 1.54) is 5.56 Å². The van der Waals surface area contributed by atoms with Gasteiger partial charge in [0.2, 0.25) is 0 Å². The number of hydrogen-bond donors (Lipinski definition) is 0. The predicted octanol–water partition coefficient (Wildman–Crippen LogP) is 2.71. The molecular weight excluding hydrogens is 202 g/mol. The van der Waals surface area contributed by atoms with Gasteiger partial charge >= 0.3 is 6.09 Å². The Labute approximate surface area is 97.0 Å². The fourth-order valence-electron chi connectivity index (χ4n) is 1.49. The molecule has 0 aliphatic heterocycles. The smallest absolute Gasteiger partial charge is 0.409 e. The molecule has 3 heteroatoms. The van der Waals surface area contributed by atoms with Gasteiger partial charge in [0.15, 0.2) is 0 Å². The molecule has 0 saturated heterocycles. The first kappa shape index (κ1) is 12.6. The molecule has 0 aromatic heterocycles. The Hall–Kier alpha value is -1.51. The molecule has 0 aliphatic carbocycles. The van der Waals surface area contributed by atoms with Crippen LogP contribution in [0.15, 0.2) is 30.3 Å². The molecule has 0 fully saturated rings. The molecule has 0 saturated carbocycles. The van der Waals surface area contributed by atoms with E-state index < -0.39 is 0 Å². The molecule has 1 rings (SSSR count). The van der Waals surface area contributed by atoms with E-state index in [4.69, 9.17) is 4.74 Å². The minimum atomic E-state index is -0.240. The van der Waals surface area contributed by atoms with Crippen LogP contribution in [-0.2, 0) is 11.2 Å². The lowest BCUT2D eigenvalue weighted by Crippen LogP contribution is -2.28. The fraction of sp³-hybridized carbons (Fsp3) is 0.462. The molecular formula is C13H19NO2. The summed E-state index contributed by atoms with van der Waals surface area (Å²) in [4.78, 5) is 12.9. The van der Waals surface area contributed by atoms with Gasteiger partial charge in [-0.25, -0.2) is 4.79 Å². The molecule has 0 atom stereocenters. The van der Waals surface area contributed by atoms with E-state index in [-0.39, 0.29) is 6.09 Å². The number of carbonyl (C=O) groups excluding carboxylic acids is 1. The molecule has 1 aromatic rings. The Morgan fingerprint density at radius 3 is 2.62 bits per heavy atom. The van der Waals surface area contributed by atoms with E-state index >= 15 is 0 Å². The number of benzene rings is 1. The Kier molecular flexibility index (Phi) is 5.40. The summed E-state index contributed by atoms with van der Waals surface area (Å²) in [7, 11) is 1.77. The average Bonchev–Trinajstić information content (AvgIpc) is 2.30. The van der Waals surface area contributed by atoms with Gasteiger partial charge in [-0.1, -0.05) is 30.3 Å². The van der Waals surface area contributed by atoms with Crippen molar-refractivity contribution in [1.82, 2.24) is 4.90 Å². The molecule has 0 N–H and O–H groups in total. The van der Waals surface area contributed by atoms with Gasteiger partial charge in [0.25, 0.3) is 0 Å². The van der Waals surface area contributed by atoms with Gasteiger partial charge in [-0.05, 0) is 25.3 Å². The van der Waals surface area contributed by atoms with Crippen molar-refractivity contribution in [1.29, 1.82) is 0 Å². The van der Waals surface area contributed by atoms with Crippen molar-refractivity contribution in [2.45, 2.75) is 19.8 Å². The average molecular weight is 221 g/mol. The Morgan fingerprint density at radius 2 is 2.00 bits per heavy atom. The van der Waals surface area contributed by atoms with Crippen LogP contribution >= 0.6 is 0 Å². The van der Waals surface area contributed by atoms with E-state index in [1.54, 1.807) is 11.9 Å². The monoisotopic (exact) mass is 221 g/mol. The van der Waals surface area contributed by atoms with Crippen molar-refractivity contribution < 1.29 is 9.53 Å². The second-order valence-electron chi connectivity index (χ2n) is 3.71. The molecule has 1 aromatic carbocycles. The van der Waals surface area contributed by atoms with Crippen LogP contribution in [0.5, 0.6) is 0 Å². The number of ether oxygens (including phenoxy) is 1. The predicted molar refractivity (Wildman–Crippen MR) is 64.4 cm³/mol. The number of nitrogens with zero attached hydrogens (tertiary/aromatic N) is 1. The summed E-state index contributed by atoms with van der Waals surface area (Å²) in [5.74, 6) is 0. The zero-order chi connectivity index (χ0) is 11.8. The topological polar surface area (TPSA) is 29.5 Å². The van der Waals surface area contributed by atoms with Gasteiger partial charge in [-0.2, -0.15) is 0 Å². The van der Waals surface area contributed by atoms with Gasteiger partial charge in [-0.15, -0.1) is 0 Å². The maximum absolute atomic E-state index is 11.3. The highest BCUT2D eigenvalue weighted by molar-refractivity contribution is 5.67. The second-order valence-corrected chi connectivity index (χ2v) is 3.71. The van der Waals surface area contributed by atoms with Crippen molar-refractivity contribution in [3.63, 3.8) is 0 Å². The van der Waals surface area contributed by atoms with Crippen molar-refractivity contribution in [3.05, 3.63) is 35.9 Å². The van der Waals surface area contributed by atoms with Gasteiger partial charge in [0.05, 0.1) is 6.61 Å². The molecule has 0 aliphatic rings. The highest BCUT2D eigenvalue weighted by Crippen LogP contribution is 2.03. The number of amides is 1. The first-order chi connectivity index (χ1) is 7.74. The van der Waals surface area contributed by atoms with Gasteiger partial charge in [0.1, 0.15) is 0 Å². The van der Waals surface area contributed by atoms with Crippen LogP contribution in [0.3, 0.4) is 0 Å².